The van der Waals surface area contributed by atoms with Gasteiger partial charge >= 0.3 is 0 Å². The van der Waals surface area contributed by atoms with Crippen LogP contribution in [0.4, 0.5) is 5.69 Å². The molecule has 0 atom stereocenters. The Hall–Kier alpha value is -1.13. The van der Waals surface area contributed by atoms with Crippen molar-refractivity contribution >= 4 is 5.69 Å². The van der Waals surface area contributed by atoms with Crippen LogP contribution in [0.25, 0.3) is 0 Å². The molecule has 1 aliphatic heterocycles. The van der Waals surface area contributed by atoms with E-state index in [1.165, 1.54) is 37.3 Å². The smallest absolute Gasteiger partial charge is 0.0443 e. The van der Waals surface area contributed by atoms with Crippen LogP contribution in [0.15, 0.2) is 18.5 Å². The van der Waals surface area contributed by atoms with Crippen molar-refractivity contribution in [2.75, 3.05) is 44.2 Å². The van der Waals surface area contributed by atoms with Gasteiger partial charge in [-0.05, 0) is 31.5 Å². The van der Waals surface area contributed by atoms with Crippen LogP contribution in [0.1, 0.15) is 32.8 Å². The molecule has 1 aliphatic rings. The van der Waals surface area contributed by atoms with Crippen LogP contribution in [-0.4, -0.2) is 49.2 Å². The summed E-state index contributed by atoms with van der Waals surface area (Å²) in [6, 6.07) is 2.17. The van der Waals surface area contributed by atoms with E-state index in [4.69, 9.17) is 0 Å². The maximum Gasteiger partial charge on any atom is 0.0443 e. The highest BCUT2D eigenvalue weighted by Gasteiger charge is 2.18. The van der Waals surface area contributed by atoms with Gasteiger partial charge in [0, 0.05) is 56.4 Å². The fourth-order valence-electron chi connectivity index (χ4n) is 2.89. The van der Waals surface area contributed by atoms with Crippen molar-refractivity contribution in [2.45, 2.75) is 33.7 Å². The summed E-state index contributed by atoms with van der Waals surface area (Å²) in [6.45, 7) is 14.5. The molecule has 1 fully saturated rings. The molecule has 0 spiro atoms. The topological polar surface area (TPSA) is 31.4 Å². The predicted octanol–water partition coefficient (Wildman–Crippen LogP) is 2.36. The molecule has 0 radical (unpaired) electrons. The lowest BCUT2D eigenvalue weighted by molar-refractivity contribution is 0.258. The molecule has 4 nitrogen and oxygen atoms in total. The van der Waals surface area contributed by atoms with Gasteiger partial charge in [-0.2, -0.15) is 0 Å². The average molecular weight is 290 g/mol. The van der Waals surface area contributed by atoms with Gasteiger partial charge in [-0.15, -0.1) is 0 Å². The summed E-state index contributed by atoms with van der Waals surface area (Å²) >= 11 is 0. The summed E-state index contributed by atoms with van der Waals surface area (Å²) in [7, 11) is 0. The SMILES string of the molecule is CCCN1CCN(c2ccncc2CNCC(C)C)CC1. The molecule has 118 valence electrons. The molecule has 1 aromatic rings. The highest BCUT2D eigenvalue weighted by molar-refractivity contribution is 5.52. The molecule has 1 N–H and O–H groups in total. The molecule has 2 heterocycles. The zero-order valence-corrected chi connectivity index (χ0v) is 13.8. The van der Waals surface area contributed by atoms with Crippen molar-refractivity contribution < 1.29 is 0 Å². The molecule has 21 heavy (non-hydrogen) atoms. The van der Waals surface area contributed by atoms with Crippen molar-refractivity contribution in [1.29, 1.82) is 0 Å². The number of anilines is 1. The molecule has 2 rings (SSSR count). The Morgan fingerprint density at radius 2 is 2.00 bits per heavy atom. The van der Waals surface area contributed by atoms with Crippen LogP contribution in [0.5, 0.6) is 0 Å². The van der Waals surface area contributed by atoms with Crippen molar-refractivity contribution in [3.63, 3.8) is 0 Å². The fourth-order valence-corrected chi connectivity index (χ4v) is 2.89. The normalized spacial score (nSPS) is 16.7. The number of aromatic nitrogens is 1. The van der Waals surface area contributed by atoms with Gasteiger partial charge in [-0.25, -0.2) is 0 Å². The lowest BCUT2D eigenvalue weighted by Gasteiger charge is -2.36. The quantitative estimate of drug-likeness (QED) is 0.835. The van der Waals surface area contributed by atoms with Crippen LogP contribution < -0.4 is 10.2 Å². The Kier molecular flexibility index (Phi) is 6.46. The predicted molar refractivity (Wildman–Crippen MR) is 89.7 cm³/mol. The van der Waals surface area contributed by atoms with Crippen LogP contribution in [0.2, 0.25) is 0 Å². The van der Waals surface area contributed by atoms with E-state index in [1.54, 1.807) is 0 Å². The van der Waals surface area contributed by atoms with Gasteiger partial charge in [-0.1, -0.05) is 20.8 Å². The molecular formula is C17H30N4. The lowest BCUT2D eigenvalue weighted by Crippen LogP contribution is -2.47. The standard InChI is InChI=1S/C17H30N4/c1-4-7-20-8-10-21(11-9-20)17-5-6-18-13-16(17)14-19-12-15(2)3/h5-6,13,15,19H,4,7-12,14H2,1-3H3. The van der Waals surface area contributed by atoms with Crippen LogP contribution in [-0.2, 0) is 6.54 Å². The maximum atomic E-state index is 4.31. The summed E-state index contributed by atoms with van der Waals surface area (Å²) in [4.78, 5) is 9.38. The summed E-state index contributed by atoms with van der Waals surface area (Å²) in [5, 5.41) is 3.53. The summed E-state index contributed by atoms with van der Waals surface area (Å²) in [5.41, 5.74) is 2.68. The van der Waals surface area contributed by atoms with E-state index >= 15 is 0 Å². The second-order valence-corrected chi connectivity index (χ2v) is 6.36. The fraction of sp³-hybridized carbons (Fsp3) is 0.706. The third kappa shape index (κ3) is 4.97. The Bertz CT molecular complexity index is 411. The zero-order chi connectivity index (χ0) is 15.1. The zero-order valence-electron chi connectivity index (χ0n) is 13.8. The number of nitrogens with one attached hydrogen (secondary N) is 1. The van der Waals surface area contributed by atoms with E-state index in [2.05, 4.69) is 46.9 Å². The van der Waals surface area contributed by atoms with Crippen LogP contribution >= 0.6 is 0 Å². The first kappa shape index (κ1) is 16.2. The first-order chi connectivity index (χ1) is 10.2. The van der Waals surface area contributed by atoms with Crippen molar-refractivity contribution in [3.8, 4) is 0 Å². The Labute approximate surface area is 129 Å². The highest BCUT2D eigenvalue weighted by Crippen LogP contribution is 2.21. The van der Waals surface area contributed by atoms with E-state index in [0.29, 0.717) is 5.92 Å². The van der Waals surface area contributed by atoms with E-state index < -0.39 is 0 Å². The van der Waals surface area contributed by atoms with E-state index in [-0.39, 0.29) is 0 Å². The third-order valence-corrected chi connectivity index (χ3v) is 4.00. The summed E-state index contributed by atoms with van der Waals surface area (Å²) in [6.07, 6.45) is 5.18. The number of hydrogen-bond donors (Lipinski definition) is 1. The molecular weight excluding hydrogens is 260 g/mol. The number of hydrogen-bond acceptors (Lipinski definition) is 4. The molecule has 0 saturated carbocycles. The maximum absolute atomic E-state index is 4.31. The number of piperazine rings is 1. The minimum Gasteiger partial charge on any atom is -0.369 e. The number of rotatable bonds is 7. The van der Waals surface area contributed by atoms with Crippen LogP contribution in [0, 0.1) is 5.92 Å². The van der Waals surface area contributed by atoms with Gasteiger partial charge in [0.05, 0.1) is 0 Å². The van der Waals surface area contributed by atoms with E-state index in [9.17, 15) is 0 Å². The van der Waals surface area contributed by atoms with Gasteiger partial charge in [0.15, 0.2) is 0 Å². The van der Waals surface area contributed by atoms with Crippen LogP contribution in [0.3, 0.4) is 0 Å². The Morgan fingerprint density at radius 3 is 2.67 bits per heavy atom. The van der Waals surface area contributed by atoms with E-state index in [1.807, 2.05) is 12.4 Å². The molecule has 0 amide bonds. The largest absolute Gasteiger partial charge is 0.369 e. The molecule has 1 aromatic heterocycles. The van der Waals surface area contributed by atoms with Crippen molar-refractivity contribution in [1.82, 2.24) is 15.2 Å². The first-order valence-electron chi connectivity index (χ1n) is 8.31. The van der Waals surface area contributed by atoms with Gasteiger partial charge in [-0.3, -0.25) is 9.88 Å². The summed E-state index contributed by atoms with van der Waals surface area (Å²) in [5.74, 6) is 0.683. The van der Waals surface area contributed by atoms with Crippen molar-refractivity contribution in [2.24, 2.45) is 5.92 Å². The third-order valence-electron chi connectivity index (χ3n) is 4.00. The molecule has 0 bridgehead atoms. The lowest BCUT2D eigenvalue weighted by atomic mass is 10.1. The highest BCUT2D eigenvalue weighted by atomic mass is 15.3. The van der Waals surface area contributed by atoms with Gasteiger partial charge in [0.25, 0.3) is 0 Å². The number of pyridine rings is 1. The minimum absolute atomic E-state index is 0.683. The molecule has 4 heteroatoms. The Balaban J connectivity index is 1.93. The number of nitrogens with zero attached hydrogens (tertiary/aromatic N) is 3. The monoisotopic (exact) mass is 290 g/mol. The molecule has 0 aliphatic carbocycles. The minimum atomic E-state index is 0.683. The molecule has 1 saturated heterocycles. The van der Waals surface area contributed by atoms with Crippen molar-refractivity contribution in [3.05, 3.63) is 24.0 Å². The van der Waals surface area contributed by atoms with Gasteiger partial charge < -0.3 is 10.2 Å². The van der Waals surface area contributed by atoms with Gasteiger partial charge in [0.2, 0.25) is 0 Å². The second-order valence-electron chi connectivity index (χ2n) is 6.36. The molecule has 0 unspecified atom stereocenters. The first-order valence-corrected chi connectivity index (χ1v) is 8.31. The summed E-state index contributed by atoms with van der Waals surface area (Å²) < 4.78 is 0. The Morgan fingerprint density at radius 1 is 1.24 bits per heavy atom. The van der Waals surface area contributed by atoms with Gasteiger partial charge in [0.1, 0.15) is 0 Å². The van der Waals surface area contributed by atoms with E-state index in [0.717, 1.165) is 26.2 Å². The second kappa shape index (κ2) is 8.35. The molecule has 0 aromatic carbocycles. The average Bonchev–Trinajstić information content (AvgIpc) is 2.49.